The van der Waals surface area contributed by atoms with Crippen molar-refractivity contribution in [3.05, 3.63) is 11.8 Å². The van der Waals surface area contributed by atoms with Crippen molar-refractivity contribution >= 4 is 17.7 Å². The predicted octanol–water partition coefficient (Wildman–Crippen LogP) is 1.08. The van der Waals surface area contributed by atoms with E-state index >= 15 is 0 Å². The van der Waals surface area contributed by atoms with Crippen molar-refractivity contribution in [2.24, 2.45) is 17.4 Å². The van der Waals surface area contributed by atoms with Crippen LogP contribution in [0.4, 0.5) is 11.8 Å². The van der Waals surface area contributed by atoms with Gasteiger partial charge < -0.3 is 22.1 Å². The Balaban J connectivity index is 1.70. The van der Waals surface area contributed by atoms with Crippen molar-refractivity contribution in [3.8, 4) is 0 Å². The molecule has 2 saturated carbocycles. The van der Waals surface area contributed by atoms with Crippen molar-refractivity contribution in [3.63, 3.8) is 0 Å². The van der Waals surface area contributed by atoms with Crippen LogP contribution in [0.25, 0.3) is 0 Å². The summed E-state index contributed by atoms with van der Waals surface area (Å²) in [5.41, 5.74) is 11.5. The molecule has 0 unspecified atom stereocenters. The van der Waals surface area contributed by atoms with Gasteiger partial charge in [0, 0.05) is 18.3 Å². The van der Waals surface area contributed by atoms with E-state index in [0.29, 0.717) is 35.3 Å². The summed E-state index contributed by atoms with van der Waals surface area (Å²) in [6.45, 7) is 0.752. The number of carbonyl (C=O) groups is 1. The minimum atomic E-state index is -0.504. The first-order valence-electron chi connectivity index (χ1n) is 8.05. The van der Waals surface area contributed by atoms with Gasteiger partial charge in [0.1, 0.15) is 5.82 Å². The summed E-state index contributed by atoms with van der Waals surface area (Å²) in [4.78, 5) is 20.2. The number of anilines is 2. The Labute approximate surface area is 130 Å². The Morgan fingerprint density at radius 2 is 1.77 bits per heavy atom. The van der Waals surface area contributed by atoms with Gasteiger partial charge in [-0.05, 0) is 51.0 Å². The fraction of sp³-hybridized carbons (Fsp3) is 0.667. The number of primary amides is 1. The minimum absolute atomic E-state index is 0.310. The summed E-state index contributed by atoms with van der Waals surface area (Å²) in [5, 5.41) is 6.62. The number of aromatic nitrogens is 2. The molecule has 120 valence electrons. The van der Waals surface area contributed by atoms with Crippen LogP contribution in [-0.4, -0.2) is 34.5 Å². The lowest BCUT2D eigenvalue weighted by Crippen LogP contribution is -2.30. The minimum Gasteiger partial charge on any atom is -0.367 e. The van der Waals surface area contributed by atoms with Crippen molar-refractivity contribution in [1.82, 2.24) is 9.97 Å². The second-order valence-corrected chi connectivity index (χ2v) is 6.34. The summed E-state index contributed by atoms with van der Waals surface area (Å²) in [5.74, 6) is 1.22. The normalized spacial score (nSPS) is 24.8. The zero-order valence-corrected chi connectivity index (χ0v) is 12.7. The number of hydrogen-bond acceptors (Lipinski definition) is 6. The topological polar surface area (TPSA) is 119 Å². The van der Waals surface area contributed by atoms with E-state index in [2.05, 4.69) is 20.6 Å². The molecule has 1 aromatic heterocycles. The molecular weight excluding hydrogens is 280 g/mol. The SMILES string of the molecule is NCC1CCC(Nc2nc(NC3CC3)ncc2C(N)=O)CC1. The van der Waals surface area contributed by atoms with E-state index in [9.17, 15) is 4.79 Å². The zero-order valence-electron chi connectivity index (χ0n) is 12.7. The fourth-order valence-electron chi connectivity index (χ4n) is 2.89. The molecule has 2 aliphatic rings. The lowest BCUT2D eigenvalue weighted by Gasteiger charge is -2.29. The van der Waals surface area contributed by atoms with Crippen LogP contribution in [0, 0.1) is 5.92 Å². The van der Waals surface area contributed by atoms with Crippen LogP contribution in [-0.2, 0) is 0 Å². The molecule has 0 atom stereocenters. The van der Waals surface area contributed by atoms with Crippen molar-refractivity contribution in [2.45, 2.75) is 50.6 Å². The molecule has 1 aromatic rings. The third kappa shape index (κ3) is 3.65. The van der Waals surface area contributed by atoms with Crippen molar-refractivity contribution in [1.29, 1.82) is 0 Å². The van der Waals surface area contributed by atoms with Gasteiger partial charge in [0.2, 0.25) is 5.95 Å². The third-order valence-corrected chi connectivity index (χ3v) is 4.49. The molecule has 1 amide bonds. The van der Waals surface area contributed by atoms with E-state index in [1.165, 1.54) is 6.20 Å². The highest BCUT2D eigenvalue weighted by Gasteiger charge is 2.24. The Hall–Kier alpha value is -1.89. The zero-order chi connectivity index (χ0) is 15.5. The summed E-state index contributed by atoms with van der Waals surface area (Å²) in [7, 11) is 0. The van der Waals surface area contributed by atoms with Gasteiger partial charge in [0.05, 0.1) is 5.56 Å². The van der Waals surface area contributed by atoms with Crippen molar-refractivity contribution in [2.75, 3.05) is 17.2 Å². The maximum absolute atomic E-state index is 11.6. The smallest absolute Gasteiger partial charge is 0.254 e. The molecule has 7 nitrogen and oxygen atoms in total. The number of nitrogens with zero attached hydrogens (tertiary/aromatic N) is 2. The molecular formula is C15H24N6O. The summed E-state index contributed by atoms with van der Waals surface area (Å²) >= 11 is 0. The highest BCUT2D eigenvalue weighted by Crippen LogP contribution is 2.27. The number of nitrogens with two attached hydrogens (primary N) is 2. The molecule has 6 N–H and O–H groups in total. The number of carbonyl (C=O) groups excluding carboxylic acids is 1. The van der Waals surface area contributed by atoms with Gasteiger partial charge in [-0.1, -0.05) is 0 Å². The van der Waals surface area contributed by atoms with Gasteiger partial charge in [-0.3, -0.25) is 4.79 Å². The number of rotatable bonds is 6. The van der Waals surface area contributed by atoms with Gasteiger partial charge in [0.15, 0.2) is 0 Å². The van der Waals surface area contributed by atoms with Gasteiger partial charge in [-0.15, -0.1) is 0 Å². The first-order valence-corrected chi connectivity index (χ1v) is 8.05. The third-order valence-electron chi connectivity index (χ3n) is 4.49. The van der Waals surface area contributed by atoms with E-state index in [4.69, 9.17) is 11.5 Å². The van der Waals surface area contributed by atoms with Crippen LogP contribution >= 0.6 is 0 Å². The average molecular weight is 304 g/mol. The van der Waals surface area contributed by atoms with Gasteiger partial charge in [0.25, 0.3) is 5.91 Å². The highest BCUT2D eigenvalue weighted by molar-refractivity contribution is 5.97. The molecule has 1 heterocycles. The van der Waals surface area contributed by atoms with E-state index in [-0.39, 0.29) is 0 Å². The second-order valence-electron chi connectivity index (χ2n) is 6.34. The second kappa shape index (κ2) is 6.48. The van der Waals surface area contributed by atoms with Crippen LogP contribution < -0.4 is 22.1 Å². The summed E-state index contributed by atoms with van der Waals surface area (Å²) in [6, 6.07) is 0.775. The molecule has 0 saturated heterocycles. The number of nitrogens with one attached hydrogen (secondary N) is 2. The lowest BCUT2D eigenvalue weighted by molar-refractivity contribution is 0.100. The van der Waals surface area contributed by atoms with Gasteiger partial charge >= 0.3 is 0 Å². The Bertz CT molecular complexity index is 537. The number of amides is 1. The fourth-order valence-corrected chi connectivity index (χ4v) is 2.89. The Morgan fingerprint density at radius 3 is 2.36 bits per heavy atom. The monoisotopic (exact) mass is 304 g/mol. The van der Waals surface area contributed by atoms with E-state index in [1.54, 1.807) is 0 Å². The molecule has 0 spiro atoms. The lowest BCUT2D eigenvalue weighted by atomic mass is 9.86. The first kappa shape index (κ1) is 15.0. The molecule has 2 fully saturated rings. The largest absolute Gasteiger partial charge is 0.367 e. The van der Waals surface area contributed by atoms with Crippen LogP contribution in [0.1, 0.15) is 48.9 Å². The van der Waals surface area contributed by atoms with Crippen LogP contribution in [0.15, 0.2) is 6.20 Å². The molecule has 0 aliphatic heterocycles. The summed E-state index contributed by atoms with van der Waals surface area (Å²) < 4.78 is 0. The summed E-state index contributed by atoms with van der Waals surface area (Å²) in [6.07, 6.45) is 8.09. The van der Waals surface area contributed by atoms with Crippen LogP contribution in [0.5, 0.6) is 0 Å². The quantitative estimate of drug-likeness (QED) is 0.624. The van der Waals surface area contributed by atoms with E-state index < -0.39 is 5.91 Å². The molecule has 0 bridgehead atoms. The molecule has 3 rings (SSSR count). The predicted molar refractivity (Wildman–Crippen MR) is 85.6 cm³/mol. The van der Waals surface area contributed by atoms with Gasteiger partial charge in [-0.25, -0.2) is 4.98 Å². The van der Waals surface area contributed by atoms with Crippen LogP contribution in [0.3, 0.4) is 0 Å². The maximum Gasteiger partial charge on any atom is 0.254 e. The van der Waals surface area contributed by atoms with Crippen molar-refractivity contribution < 1.29 is 4.79 Å². The molecule has 0 radical (unpaired) electrons. The molecule has 7 heteroatoms. The number of hydrogen-bond donors (Lipinski definition) is 4. The Kier molecular flexibility index (Phi) is 4.42. The molecule has 0 aromatic carbocycles. The van der Waals surface area contributed by atoms with Crippen LogP contribution in [0.2, 0.25) is 0 Å². The maximum atomic E-state index is 11.6. The molecule has 2 aliphatic carbocycles. The average Bonchev–Trinajstić information content (AvgIpc) is 3.32. The first-order chi connectivity index (χ1) is 10.7. The van der Waals surface area contributed by atoms with Gasteiger partial charge in [-0.2, -0.15) is 4.98 Å². The highest BCUT2D eigenvalue weighted by atomic mass is 16.1. The van der Waals surface area contributed by atoms with E-state index in [1.807, 2.05) is 0 Å². The standard InChI is InChI=1S/C15H24N6O/c16-7-9-1-3-10(4-2-9)19-14-12(13(17)22)8-18-15(21-14)20-11-5-6-11/h8-11H,1-7,16H2,(H2,17,22)(H2,18,19,20,21). The van der Waals surface area contributed by atoms with E-state index in [0.717, 1.165) is 45.1 Å². The Morgan fingerprint density at radius 1 is 1.14 bits per heavy atom. The molecule has 22 heavy (non-hydrogen) atoms.